The fraction of sp³-hybridized carbons (Fsp3) is 0.278. The highest BCUT2D eigenvalue weighted by Crippen LogP contribution is 2.42. The zero-order chi connectivity index (χ0) is 19.4. The highest BCUT2D eigenvalue weighted by Gasteiger charge is 2.33. The predicted octanol–water partition coefficient (Wildman–Crippen LogP) is 1.83. The van der Waals surface area contributed by atoms with Crippen molar-refractivity contribution in [2.75, 3.05) is 27.9 Å². The number of benzene rings is 1. The number of nitrogens with one attached hydrogen (secondary N) is 1. The van der Waals surface area contributed by atoms with Gasteiger partial charge in [-0.2, -0.15) is 0 Å². The molecule has 1 heterocycles. The highest BCUT2D eigenvalue weighted by atomic mass is 32.1. The van der Waals surface area contributed by atoms with E-state index < -0.39 is 11.8 Å². The summed E-state index contributed by atoms with van der Waals surface area (Å²) in [4.78, 5) is 26.3. The van der Waals surface area contributed by atoms with Crippen LogP contribution in [0.4, 0.5) is 0 Å². The molecule has 8 heteroatoms. The van der Waals surface area contributed by atoms with Crippen molar-refractivity contribution in [3.63, 3.8) is 0 Å². The molecular weight excluding hydrogens is 356 g/mol. The van der Waals surface area contributed by atoms with E-state index in [1.165, 1.54) is 38.4 Å². The molecule has 0 spiro atoms. The average Bonchev–Trinajstić information content (AvgIpc) is 2.62. The van der Waals surface area contributed by atoms with Crippen molar-refractivity contribution >= 4 is 35.2 Å². The minimum Gasteiger partial charge on any atom is -0.493 e. The lowest BCUT2D eigenvalue weighted by Gasteiger charge is -2.28. The number of rotatable bonds is 6. The third kappa shape index (κ3) is 3.41. The van der Waals surface area contributed by atoms with E-state index in [4.69, 9.17) is 26.4 Å². The molecule has 1 aliphatic rings. The number of thiocarbonyl (C=S) groups is 1. The SMILES string of the molecule is C=CCN1C(=O)C(=Cc2c(C)cc(OC)c(OC)c2OC)C(=O)NC1=S. The maximum absolute atomic E-state index is 12.7. The van der Waals surface area contributed by atoms with Crippen molar-refractivity contribution in [1.82, 2.24) is 10.2 Å². The first-order chi connectivity index (χ1) is 12.4. The van der Waals surface area contributed by atoms with E-state index in [0.29, 0.717) is 22.8 Å². The molecule has 1 fully saturated rings. The maximum atomic E-state index is 12.7. The van der Waals surface area contributed by atoms with Gasteiger partial charge in [-0.05, 0) is 36.8 Å². The zero-order valence-corrected chi connectivity index (χ0v) is 15.9. The quantitative estimate of drug-likeness (QED) is 0.353. The Morgan fingerprint density at radius 1 is 1.19 bits per heavy atom. The van der Waals surface area contributed by atoms with Crippen LogP contribution in [-0.2, 0) is 9.59 Å². The van der Waals surface area contributed by atoms with E-state index in [-0.39, 0.29) is 17.2 Å². The van der Waals surface area contributed by atoms with Crippen molar-refractivity contribution < 1.29 is 23.8 Å². The zero-order valence-electron chi connectivity index (χ0n) is 15.0. The Morgan fingerprint density at radius 2 is 1.85 bits per heavy atom. The van der Waals surface area contributed by atoms with Crippen molar-refractivity contribution in [1.29, 1.82) is 0 Å². The van der Waals surface area contributed by atoms with Crippen molar-refractivity contribution in [2.45, 2.75) is 6.92 Å². The Hall–Kier alpha value is -2.87. The van der Waals surface area contributed by atoms with Gasteiger partial charge in [0.25, 0.3) is 11.8 Å². The monoisotopic (exact) mass is 376 g/mol. The predicted molar refractivity (Wildman–Crippen MR) is 101 cm³/mol. The Morgan fingerprint density at radius 3 is 2.38 bits per heavy atom. The third-order valence-electron chi connectivity index (χ3n) is 3.86. The Balaban J connectivity index is 2.64. The first kappa shape index (κ1) is 19.5. The fourth-order valence-corrected chi connectivity index (χ4v) is 2.86. The normalized spacial score (nSPS) is 15.8. The number of nitrogens with zero attached hydrogens (tertiary/aromatic N) is 1. The summed E-state index contributed by atoms with van der Waals surface area (Å²) in [5.74, 6) is 0.139. The van der Waals surface area contributed by atoms with Crippen LogP contribution in [0.2, 0.25) is 0 Å². The molecule has 1 aromatic carbocycles. The van der Waals surface area contributed by atoms with Crippen LogP contribution >= 0.6 is 12.2 Å². The van der Waals surface area contributed by atoms with E-state index >= 15 is 0 Å². The second-order valence-electron chi connectivity index (χ2n) is 5.40. The smallest absolute Gasteiger partial charge is 0.265 e. The van der Waals surface area contributed by atoms with E-state index in [1.54, 1.807) is 6.07 Å². The molecule has 26 heavy (non-hydrogen) atoms. The molecule has 0 saturated carbocycles. The van der Waals surface area contributed by atoms with Gasteiger partial charge in [0.1, 0.15) is 5.57 Å². The van der Waals surface area contributed by atoms with E-state index in [1.807, 2.05) is 6.92 Å². The second-order valence-corrected chi connectivity index (χ2v) is 5.78. The number of methoxy groups -OCH3 is 3. The molecule has 0 aliphatic carbocycles. The van der Waals surface area contributed by atoms with Gasteiger partial charge in [0.15, 0.2) is 16.6 Å². The van der Waals surface area contributed by atoms with Crippen molar-refractivity contribution in [2.24, 2.45) is 0 Å². The van der Waals surface area contributed by atoms with Gasteiger partial charge < -0.3 is 14.2 Å². The van der Waals surface area contributed by atoms with Crippen molar-refractivity contribution in [3.8, 4) is 17.2 Å². The van der Waals surface area contributed by atoms with Gasteiger partial charge in [0.2, 0.25) is 5.75 Å². The van der Waals surface area contributed by atoms with Crippen LogP contribution < -0.4 is 19.5 Å². The van der Waals surface area contributed by atoms with Gasteiger partial charge >= 0.3 is 0 Å². The first-order valence-electron chi connectivity index (χ1n) is 7.68. The van der Waals surface area contributed by atoms with Gasteiger partial charge in [-0.1, -0.05) is 6.08 Å². The molecule has 0 aromatic heterocycles. The van der Waals surface area contributed by atoms with Crippen LogP contribution in [0.5, 0.6) is 17.2 Å². The molecule has 1 aliphatic heterocycles. The summed E-state index contributed by atoms with van der Waals surface area (Å²) in [5, 5.41) is 2.56. The number of aryl methyl sites for hydroxylation is 1. The Labute approximate surface area is 157 Å². The Kier molecular flexibility index (Phi) is 5.99. The van der Waals surface area contributed by atoms with Gasteiger partial charge in [-0.15, -0.1) is 6.58 Å². The second kappa shape index (κ2) is 8.01. The molecule has 0 unspecified atom stereocenters. The summed E-state index contributed by atoms with van der Waals surface area (Å²) in [5.41, 5.74) is 1.22. The minimum atomic E-state index is -0.573. The summed E-state index contributed by atoms with van der Waals surface area (Å²) in [6, 6.07) is 1.74. The van der Waals surface area contributed by atoms with Crippen LogP contribution in [0.15, 0.2) is 24.3 Å². The third-order valence-corrected chi connectivity index (χ3v) is 4.18. The molecule has 7 nitrogen and oxygen atoms in total. The molecule has 1 saturated heterocycles. The summed E-state index contributed by atoms with van der Waals surface area (Å²) >= 11 is 5.05. The number of carbonyl (C=O) groups excluding carboxylic acids is 2. The molecule has 1 aromatic rings. The van der Waals surface area contributed by atoms with E-state index in [0.717, 1.165) is 5.56 Å². The lowest BCUT2D eigenvalue weighted by molar-refractivity contribution is -0.128. The Bertz CT molecular complexity index is 816. The maximum Gasteiger partial charge on any atom is 0.265 e. The van der Waals surface area contributed by atoms with Crippen LogP contribution in [0, 0.1) is 6.92 Å². The lowest BCUT2D eigenvalue weighted by atomic mass is 10.0. The van der Waals surface area contributed by atoms with Gasteiger partial charge in [-0.25, -0.2) is 0 Å². The summed E-state index contributed by atoms with van der Waals surface area (Å²) in [7, 11) is 4.47. The fourth-order valence-electron chi connectivity index (χ4n) is 2.61. The molecule has 0 bridgehead atoms. The van der Waals surface area contributed by atoms with Crippen LogP contribution in [0.25, 0.3) is 6.08 Å². The summed E-state index contributed by atoms with van der Waals surface area (Å²) < 4.78 is 16.1. The van der Waals surface area contributed by atoms with E-state index in [2.05, 4.69) is 11.9 Å². The molecule has 1 N–H and O–H groups in total. The number of hydrogen-bond acceptors (Lipinski definition) is 6. The minimum absolute atomic E-state index is 0.0491. The molecule has 2 amide bonds. The number of carbonyl (C=O) groups is 2. The highest BCUT2D eigenvalue weighted by molar-refractivity contribution is 7.80. The standard InChI is InChI=1S/C18H20N2O5S/c1-6-7-20-17(22)12(16(21)19-18(20)26)9-11-10(2)8-13(23-3)15(25-5)14(11)24-4/h6,8-9H,1,7H2,2-5H3,(H,19,21,26). The topological polar surface area (TPSA) is 77.1 Å². The lowest BCUT2D eigenvalue weighted by Crippen LogP contribution is -2.53. The van der Waals surface area contributed by atoms with Crippen LogP contribution in [0.1, 0.15) is 11.1 Å². The largest absolute Gasteiger partial charge is 0.493 e. The van der Waals surface area contributed by atoms with E-state index in [9.17, 15) is 9.59 Å². The molecular formula is C18H20N2O5S. The van der Waals surface area contributed by atoms with Crippen molar-refractivity contribution in [3.05, 3.63) is 35.4 Å². The number of amides is 2. The summed E-state index contributed by atoms with van der Waals surface area (Å²) in [6.45, 7) is 5.60. The average molecular weight is 376 g/mol. The molecule has 0 radical (unpaired) electrons. The van der Waals surface area contributed by atoms with Gasteiger partial charge in [0.05, 0.1) is 21.3 Å². The van der Waals surface area contributed by atoms with Gasteiger partial charge in [-0.3, -0.25) is 19.8 Å². The molecule has 2 rings (SSSR count). The number of hydrogen-bond donors (Lipinski definition) is 1. The van der Waals surface area contributed by atoms with Gasteiger partial charge in [0, 0.05) is 12.1 Å². The molecule has 138 valence electrons. The first-order valence-corrected chi connectivity index (χ1v) is 8.09. The molecule has 0 atom stereocenters. The number of ether oxygens (including phenoxy) is 3. The van der Waals surface area contributed by atoms with Crippen LogP contribution in [-0.4, -0.2) is 49.7 Å². The van der Waals surface area contributed by atoms with Crippen LogP contribution in [0.3, 0.4) is 0 Å². The summed E-state index contributed by atoms with van der Waals surface area (Å²) in [6.07, 6.45) is 2.99.